The first-order chi connectivity index (χ1) is 8.94. The van der Waals surface area contributed by atoms with Gasteiger partial charge in [-0.25, -0.2) is 22.9 Å². The first-order valence-corrected chi connectivity index (χ1v) is 7.15. The minimum Gasteiger partial charge on any atom is -0.464 e. The van der Waals surface area contributed by atoms with E-state index in [4.69, 9.17) is 0 Å². The molecule has 0 saturated heterocycles. The van der Waals surface area contributed by atoms with Gasteiger partial charge < -0.3 is 9.26 Å². The van der Waals surface area contributed by atoms with Gasteiger partial charge in [-0.3, -0.25) is 0 Å². The maximum absolute atomic E-state index is 12.0. The zero-order chi connectivity index (χ0) is 14.0. The van der Waals surface area contributed by atoms with E-state index in [2.05, 4.69) is 29.1 Å². The number of aromatic nitrogens is 3. The first-order valence-electron chi connectivity index (χ1n) is 4.79. The van der Waals surface area contributed by atoms with Crippen LogP contribution >= 0.6 is 11.3 Å². The standard InChI is InChI=1S/C8H8N4O5S2/c1-4-10-8(17-11-4)12-19(14,15)7-5(6(13)16-2)9-3-18-7/h3H,1-2H3,(H,10,11,12). The molecule has 2 aromatic heterocycles. The number of hydrogen-bond acceptors (Lipinski definition) is 9. The van der Waals surface area contributed by atoms with E-state index in [1.54, 1.807) is 0 Å². The van der Waals surface area contributed by atoms with Gasteiger partial charge in [0.1, 0.15) is 0 Å². The summed E-state index contributed by atoms with van der Waals surface area (Å²) in [6, 6.07) is -0.290. The summed E-state index contributed by atoms with van der Waals surface area (Å²) < 4.78 is 34.9. The van der Waals surface area contributed by atoms with E-state index in [0.29, 0.717) is 0 Å². The van der Waals surface area contributed by atoms with E-state index in [1.807, 2.05) is 0 Å². The molecule has 0 atom stereocenters. The lowest BCUT2D eigenvalue weighted by Crippen LogP contribution is -2.16. The van der Waals surface area contributed by atoms with E-state index in [9.17, 15) is 13.2 Å². The molecule has 0 aliphatic rings. The number of carbonyl (C=O) groups excluding carboxylic acids is 1. The summed E-state index contributed by atoms with van der Waals surface area (Å²) in [5, 5.41) is 3.44. The normalized spacial score (nSPS) is 11.3. The van der Waals surface area contributed by atoms with E-state index < -0.39 is 16.0 Å². The molecule has 9 nitrogen and oxygen atoms in total. The van der Waals surface area contributed by atoms with Crippen molar-refractivity contribution in [3.63, 3.8) is 0 Å². The van der Waals surface area contributed by atoms with Crippen LogP contribution in [0.1, 0.15) is 16.3 Å². The second-order valence-corrected chi connectivity index (χ2v) is 5.96. The summed E-state index contributed by atoms with van der Waals surface area (Å²) in [5.41, 5.74) is 0.927. The number of hydrogen-bond donors (Lipinski definition) is 1. The molecule has 2 aromatic rings. The van der Waals surface area contributed by atoms with E-state index in [0.717, 1.165) is 18.4 Å². The Morgan fingerprint density at radius 3 is 2.84 bits per heavy atom. The molecule has 0 radical (unpaired) electrons. The van der Waals surface area contributed by atoms with Crippen LogP contribution in [0.3, 0.4) is 0 Å². The molecule has 11 heteroatoms. The van der Waals surface area contributed by atoms with Crippen molar-refractivity contribution in [1.82, 2.24) is 15.1 Å². The van der Waals surface area contributed by atoms with Crippen molar-refractivity contribution in [1.29, 1.82) is 0 Å². The molecular formula is C8H8N4O5S2. The quantitative estimate of drug-likeness (QED) is 0.806. The number of aryl methyl sites for hydroxylation is 1. The number of anilines is 1. The van der Waals surface area contributed by atoms with E-state index >= 15 is 0 Å². The van der Waals surface area contributed by atoms with Crippen molar-refractivity contribution in [2.45, 2.75) is 11.1 Å². The number of methoxy groups -OCH3 is 1. The lowest BCUT2D eigenvalue weighted by molar-refractivity contribution is 0.0590. The van der Waals surface area contributed by atoms with Crippen LogP contribution in [0.25, 0.3) is 0 Å². The molecule has 2 rings (SSSR count). The van der Waals surface area contributed by atoms with Crippen molar-refractivity contribution >= 4 is 33.3 Å². The third-order valence-electron chi connectivity index (χ3n) is 1.91. The van der Waals surface area contributed by atoms with Crippen LogP contribution in [0.4, 0.5) is 6.01 Å². The predicted octanol–water partition coefficient (Wildman–Crippen LogP) is 0.422. The Balaban J connectivity index is 2.35. The lowest BCUT2D eigenvalue weighted by atomic mass is 10.5. The highest BCUT2D eigenvalue weighted by atomic mass is 32.2. The highest BCUT2D eigenvalue weighted by Crippen LogP contribution is 2.23. The molecule has 0 spiro atoms. The third kappa shape index (κ3) is 2.71. The molecular weight excluding hydrogens is 296 g/mol. The van der Waals surface area contributed by atoms with Crippen LogP contribution in [0, 0.1) is 6.92 Å². The Bertz CT molecular complexity index is 704. The zero-order valence-corrected chi connectivity index (χ0v) is 11.4. The maximum Gasteiger partial charge on any atom is 0.358 e. The molecule has 1 N–H and O–H groups in total. The first kappa shape index (κ1) is 13.4. The molecule has 0 unspecified atom stereocenters. The third-order valence-corrected chi connectivity index (χ3v) is 4.60. The Morgan fingerprint density at radius 1 is 1.53 bits per heavy atom. The number of carbonyl (C=O) groups is 1. The van der Waals surface area contributed by atoms with Crippen molar-refractivity contribution in [3.8, 4) is 0 Å². The molecule has 0 saturated carbocycles. The smallest absolute Gasteiger partial charge is 0.358 e. The summed E-state index contributed by atoms with van der Waals surface area (Å²) in [5.74, 6) is -0.571. The molecule has 0 fully saturated rings. The van der Waals surface area contributed by atoms with Gasteiger partial charge in [0.2, 0.25) is 0 Å². The SMILES string of the molecule is COC(=O)c1ncsc1S(=O)(=O)Nc1nc(C)no1. The van der Waals surface area contributed by atoms with Crippen LogP contribution in [0.15, 0.2) is 14.2 Å². The molecule has 0 aromatic carbocycles. The van der Waals surface area contributed by atoms with Gasteiger partial charge in [0, 0.05) is 0 Å². The van der Waals surface area contributed by atoms with Crippen LogP contribution in [-0.2, 0) is 14.8 Å². The largest absolute Gasteiger partial charge is 0.464 e. The topological polar surface area (TPSA) is 124 Å². The van der Waals surface area contributed by atoms with Gasteiger partial charge in [0.25, 0.3) is 10.0 Å². The lowest BCUT2D eigenvalue weighted by Gasteiger charge is -2.02. The van der Waals surface area contributed by atoms with Gasteiger partial charge in [-0.2, -0.15) is 4.98 Å². The predicted molar refractivity (Wildman–Crippen MR) is 63.3 cm³/mol. The van der Waals surface area contributed by atoms with Gasteiger partial charge in [-0.05, 0) is 6.92 Å². The van der Waals surface area contributed by atoms with Crippen LogP contribution in [0.5, 0.6) is 0 Å². The minimum atomic E-state index is -4.03. The molecule has 0 aliphatic carbocycles. The van der Waals surface area contributed by atoms with E-state index in [-0.39, 0.29) is 21.7 Å². The van der Waals surface area contributed by atoms with Gasteiger partial charge in [0.05, 0.1) is 12.6 Å². The van der Waals surface area contributed by atoms with Gasteiger partial charge in [-0.15, -0.1) is 11.3 Å². The summed E-state index contributed by atoms with van der Waals surface area (Å²) >= 11 is 0.774. The second kappa shape index (κ2) is 4.93. The maximum atomic E-state index is 12.0. The number of sulfonamides is 1. The zero-order valence-electron chi connectivity index (χ0n) is 9.78. The van der Waals surface area contributed by atoms with Gasteiger partial charge >= 0.3 is 12.0 Å². The molecule has 2 heterocycles. The summed E-state index contributed by atoms with van der Waals surface area (Å²) in [7, 11) is -2.90. The number of nitrogens with zero attached hydrogens (tertiary/aromatic N) is 3. The Labute approximate surface area is 111 Å². The number of rotatable bonds is 4. The molecule has 0 amide bonds. The minimum absolute atomic E-state index is 0.273. The van der Waals surface area contributed by atoms with Crippen LogP contribution in [0.2, 0.25) is 0 Å². The molecule has 19 heavy (non-hydrogen) atoms. The van der Waals surface area contributed by atoms with Crippen LogP contribution < -0.4 is 4.72 Å². The fourth-order valence-electron chi connectivity index (χ4n) is 1.16. The Kier molecular flexibility index (Phi) is 3.48. The van der Waals surface area contributed by atoms with Crippen molar-refractivity contribution < 1.29 is 22.5 Å². The molecule has 0 bridgehead atoms. The van der Waals surface area contributed by atoms with Crippen molar-refractivity contribution in [2.24, 2.45) is 0 Å². The monoisotopic (exact) mass is 304 g/mol. The Hall–Kier alpha value is -2.01. The Morgan fingerprint density at radius 2 is 2.26 bits per heavy atom. The molecule has 0 aliphatic heterocycles. The highest BCUT2D eigenvalue weighted by Gasteiger charge is 2.28. The fraction of sp³-hybridized carbons (Fsp3) is 0.250. The number of esters is 1. The second-order valence-electron chi connectivity index (χ2n) is 3.23. The average molecular weight is 304 g/mol. The summed E-state index contributed by atoms with van der Waals surface area (Å²) in [6.07, 6.45) is 0. The van der Waals surface area contributed by atoms with Crippen molar-refractivity contribution in [3.05, 3.63) is 17.0 Å². The van der Waals surface area contributed by atoms with Gasteiger partial charge in [-0.1, -0.05) is 5.16 Å². The average Bonchev–Trinajstić information content (AvgIpc) is 2.97. The molecule has 102 valence electrons. The van der Waals surface area contributed by atoms with E-state index in [1.165, 1.54) is 12.4 Å². The highest BCUT2D eigenvalue weighted by molar-refractivity contribution is 7.94. The number of thiazole rings is 1. The fourth-order valence-corrected chi connectivity index (χ4v) is 3.22. The number of nitrogens with one attached hydrogen (secondary N) is 1. The number of ether oxygens (including phenoxy) is 1. The summed E-state index contributed by atoms with van der Waals surface area (Å²) in [4.78, 5) is 18.7. The van der Waals surface area contributed by atoms with Gasteiger partial charge in [0.15, 0.2) is 15.7 Å². The van der Waals surface area contributed by atoms with Crippen molar-refractivity contribution in [2.75, 3.05) is 11.8 Å². The van der Waals surface area contributed by atoms with Crippen LogP contribution in [-0.4, -0.2) is 36.6 Å². The summed E-state index contributed by atoms with van der Waals surface area (Å²) in [6.45, 7) is 1.54.